The molecule has 0 radical (unpaired) electrons. The van der Waals surface area contributed by atoms with Gasteiger partial charge in [-0.3, -0.25) is 9.59 Å². The molecular formula is C22H31N3O4. The fraction of sp³-hybridized carbons (Fsp3) is 0.682. The number of fused-ring (bicyclic) bond motifs is 4. The van der Waals surface area contributed by atoms with Gasteiger partial charge in [-0.25, -0.2) is 4.79 Å². The number of amides is 2. The minimum atomic E-state index is -0.506. The van der Waals surface area contributed by atoms with E-state index in [1.807, 2.05) is 42.4 Å². The first-order valence-corrected chi connectivity index (χ1v) is 10.7. The number of rotatable bonds is 1. The minimum absolute atomic E-state index is 0.0366. The second-order valence-electron chi connectivity index (χ2n) is 9.68. The summed E-state index contributed by atoms with van der Waals surface area (Å²) in [4.78, 5) is 41.3. The number of hydrogen-bond acceptors (Lipinski definition) is 4. The fourth-order valence-electron chi connectivity index (χ4n) is 4.97. The number of pyridine rings is 1. The Morgan fingerprint density at radius 3 is 2.45 bits per heavy atom. The Labute approximate surface area is 171 Å². The molecule has 3 aliphatic rings. The Morgan fingerprint density at radius 2 is 1.76 bits per heavy atom. The van der Waals surface area contributed by atoms with Crippen LogP contribution < -0.4 is 5.56 Å². The van der Waals surface area contributed by atoms with Gasteiger partial charge in [-0.1, -0.05) is 6.07 Å². The molecule has 0 aromatic carbocycles. The highest BCUT2D eigenvalue weighted by Crippen LogP contribution is 2.36. The first kappa shape index (κ1) is 20.0. The van der Waals surface area contributed by atoms with Gasteiger partial charge in [-0.05, 0) is 52.0 Å². The summed E-state index contributed by atoms with van der Waals surface area (Å²) >= 11 is 0. The van der Waals surface area contributed by atoms with E-state index in [0.717, 1.165) is 18.7 Å². The van der Waals surface area contributed by atoms with E-state index >= 15 is 0 Å². The molecule has 4 heterocycles. The van der Waals surface area contributed by atoms with Crippen molar-refractivity contribution in [2.45, 2.75) is 58.1 Å². The molecule has 158 valence electrons. The van der Waals surface area contributed by atoms with Crippen molar-refractivity contribution in [1.82, 2.24) is 14.4 Å². The lowest BCUT2D eigenvalue weighted by Gasteiger charge is -2.44. The van der Waals surface area contributed by atoms with Crippen molar-refractivity contribution < 1.29 is 14.3 Å². The Balaban J connectivity index is 1.37. The predicted molar refractivity (Wildman–Crippen MR) is 109 cm³/mol. The van der Waals surface area contributed by atoms with Gasteiger partial charge in [0.05, 0.1) is 0 Å². The summed E-state index contributed by atoms with van der Waals surface area (Å²) in [7, 11) is 0. The van der Waals surface area contributed by atoms with Gasteiger partial charge in [0.1, 0.15) is 5.60 Å². The molecule has 0 saturated carbocycles. The molecule has 2 atom stereocenters. The highest BCUT2D eigenvalue weighted by molar-refractivity contribution is 5.79. The molecule has 0 aliphatic carbocycles. The molecular weight excluding hydrogens is 370 g/mol. The number of hydrogen-bond donors (Lipinski definition) is 0. The largest absolute Gasteiger partial charge is 0.444 e. The van der Waals surface area contributed by atoms with Crippen LogP contribution in [0.2, 0.25) is 0 Å². The normalized spacial score (nSPS) is 24.8. The quantitative estimate of drug-likeness (QED) is 0.725. The topological polar surface area (TPSA) is 71.8 Å². The molecule has 0 spiro atoms. The van der Waals surface area contributed by atoms with E-state index in [1.54, 1.807) is 11.0 Å². The van der Waals surface area contributed by atoms with Gasteiger partial charge in [0.25, 0.3) is 5.56 Å². The zero-order chi connectivity index (χ0) is 20.8. The molecule has 0 unspecified atom stereocenters. The average Bonchev–Trinajstić information content (AvgIpc) is 2.67. The van der Waals surface area contributed by atoms with Gasteiger partial charge in [0.15, 0.2) is 0 Å². The monoisotopic (exact) mass is 401 g/mol. The summed E-state index contributed by atoms with van der Waals surface area (Å²) in [6, 6.07) is 5.46. The lowest BCUT2D eigenvalue weighted by molar-refractivity contribution is -0.139. The van der Waals surface area contributed by atoms with Crippen molar-refractivity contribution in [3.8, 4) is 0 Å². The maximum atomic E-state index is 13.2. The maximum Gasteiger partial charge on any atom is 0.410 e. The van der Waals surface area contributed by atoms with Crippen LogP contribution in [0.1, 0.15) is 51.6 Å². The van der Waals surface area contributed by atoms with Crippen molar-refractivity contribution in [2.24, 2.45) is 11.8 Å². The van der Waals surface area contributed by atoms with Crippen molar-refractivity contribution >= 4 is 12.0 Å². The molecule has 4 rings (SSSR count). The first-order chi connectivity index (χ1) is 13.7. The van der Waals surface area contributed by atoms with Crippen LogP contribution in [-0.2, 0) is 16.1 Å². The predicted octanol–water partition coefficient (Wildman–Crippen LogP) is 2.44. The summed E-state index contributed by atoms with van der Waals surface area (Å²) in [5, 5.41) is 0. The van der Waals surface area contributed by atoms with Crippen LogP contribution in [0.15, 0.2) is 23.0 Å². The molecule has 2 amide bonds. The summed E-state index contributed by atoms with van der Waals surface area (Å²) in [6.45, 7) is 8.82. The smallest absolute Gasteiger partial charge is 0.410 e. The molecule has 2 fully saturated rings. The lowest BCUT2D eigenvalue weighted by Crippen LogP contribution is -2.52. The number of carbonyl (C=O) groups excluding carboxylic acids is 2. The Morgan fingerprint density at radius 1 is 1.03 bits per heavy atom. The van der Waals surface area contributed by atoms with Crippen LogP contribution in [0.5, 0.6) is 0 Å². The number of piperidine rings is 2. The van der Waals surface area contributed by atoms with Crippen LogP contribution in [0, 0.1) is 11.8 Å². The number of aromatic nitrogens is 1. The number of carbonyl (C=O) groups is 2. The zero-order valence-electron chi connectivity index (χ0n) is 17.6. The van der Waals surface area contributed by atoms with Crippen molar-refractivity contribution in [1.29, 1.82) is 0 Å². The van der Waals surface area contributed by atoms with Crippen LogP contribution >= 0.6 is 0 Å². The molecule has 1 aromatic heterocycles. The summed E-state index contributed by atoms with van der Waals surface area (Å²) < 4.78 is 7.34. The number of ether oxygens (including phenoxy) is 1. The van der Waals surface area contributed by atoms with E-state index in [1.165, 1.54) is 0 Å². The Hall–Kier alpha value is -2.31. The fourth-order valence-corrected chi connectivity index (χ4v) is 4.97. The Bertz CT molecular complexity index is 848. The zero-order valence-corrected chi connectivity index (χ0v) is 17.6. The molecule has 7 nitrogen and oxygen atoms in total. The third kappa shape index (κ3) is 4.19. The maximum absolute atomic E-state index is 13.2. The SMILES string of the molecule is CC(C)(C)OC(=O)N1CCC(C(=O)N2C[C@H]3C[C@@H](C2)c2cccc(=O)n2C3)CC1. The first-order valence-electron chi connectivity index (χ1n) is 10.7. The van der Waals surface area contributed by atoms with E-state index in [4.69, 9.17) is 4.74 Å². The van der Waals surface area contributed by atoms with Crippen LogP contribution in [0.3, 0.4) is 0 Å². The second kappa shape index (κ2) is 7.50. The van der Waals surface area contributed by atoms with Gasteiger partial charge in [0.2, 0.25) is 5.91 Å². The van der Waals surface area contributed by atoms with Gasteiger partial charge in [-0.2, -0.15) is 0 Å². The molecule has 3 aliphatic heterocycles. The molecule has 2 bridgehead atoms. The summed E-state index contributed by atoms with van der Waals surface area (Å²) in [5.74, 6) is 0.745. The van der Waals surface area contributed by atoms with E-state index in [0.29, 0.717) is 44.9 Å². The van der Waals surface area contributed by atoms with Crippen LogP contribution in [-0.4, -0.2) is 58.1 Å². The highest BCUT2D eigenvalue weighted by Gasteiger charge is 2.39. The van der Waals surface area contributed by atoms with Crippen molar-refractivity contribution in [3.05, 3.63) is 34.2 Å². The molecule has 7 heteroatoms. The number of likely N-dealkylation sites (tertiary alicyclic amines) is 2. The van der Waals surface area contributed by atoms with E-state index < -0.39 is 5.60 Å². The Kier molecular flexibility index (Phi) is 5.17. The van der Waals surface area contributed by atoms with Gasteiger partial charge < -0.3 is 19.1 Å². The minimum Gasteiger partial charge on any atom is -0.444 e. The van der Waals surface area contributed by atoms with E-state index in [9.17, 15) is 14.4 Å². The van der Waals surface area contributed by atoms with Crippen molar-refractivity contribution in [2.75, 3.05) is 26.2 Å². The van der Waals surface area contributed by atoms with E-state index in [2.05, 4.69) is 0 Å². The molecule has 29 heavy (non-hydrogen) atoms. The summed E-state index contributed by atoms with van der Waals surface area (Å²) in [6.07, 6.45) is 2.11. The summed E-state index contributed by atoms with van der Waals surface area (Å²) in [5.41, 5.74) is 0.616. The molecule has 1 aromatic rings. The van der Waals surface area contributed by atoms with Gasteiger partial charge in [0, 0.05) is 56.3 Å². The third-order valence-corrected chi connectivity index (χ3v) is 6.29. The third-order valence-electron chi connectivity index (χ3n) is 6.29. The van der Waals surface area contributed by atoms with Gasteiger partial charge >= 0.3 is 6.09 Å². The standard InChI is InChI=1S/C22H31N3O4/c1-22(2,3)29-21(28)23-9-7-16(8-10-23)20(27)24-12-15-11-17(14-24)18-5-4-6-19(26)25(18)13-15/h4-6,15-17H,7-14H2,1-3H3/t15-,17+/m1/s1. The van der Waals surface area contributed by atoms with Gasteiger partial charge in [-0.15, -0.1) is 0 Å². The highest BCUT2D eigenvalue weighted by atomic mass is 16.6. The molecule has 0 N–H and O–H groups in total. The van der Waals surface area contributed by atoms with Crippen molar-refractivity contribution in [3.63, 3.8) is 0 Å². The van der Waals surface area contributed by atoms with E-state index in [-0.39, 0.29) is 29.4 Å². The van der Waals surface area contributed by atoms with Crippen LogP contribution in [0.4, 0.5) is 4.79 Å². The second-order valence-corrected chi connectivity index (χ2v) is 9.68. The lowest BCUT2D eigenvalue weighted by atomic mass is 9.82. The van der Waals surface area contributed by atoms with Crippen LogP contribution in [0.25, 0.3) is 0 Å². The average molecular weight is 402 g/mol. The molecule has 2 saturated heterocycles. The number of nitrogens with zero attached hydrogens (tertiary/aromatic N) is 3.